The average molecular weight is 506 g/mol. The Hall–Kier alpha value is -0.490. The molecule has 12 nitrogen and oxygen atoms in total. The van der Waals surface area contributed by atoms with Gasteiger partial charge in [-0.2, -0.15) is 0 Å². The van der Waals surface area contributed by atoms with Crippen molar-refractivity contribution in [1.82, 2.24) is 10.6 Å². The van der Waals surface area contributed by atoms with Crippen LogP contribution < -0.4 is 10.6 Å². The van der Waals surface area contributed by atoms with Crippen molar-refractivity contribution in [3.8, 4) is 0 Å². The second-order valence-corrected chi connectivity index (χ2v) is 14.1. The number of phosphoric ester groups is 1. The normalized spacial score (nSPS) is 27.1. The van der Waals surface area contributed by atoms with Gasteiger partial charge in [-0.25, -0.2) is 9.13 Å². The van der Waals surface area contributed by atoms with Crippen molar-refractivity contribution < 1.29 is 46.6 Å². The van der Waals surface area contributed by atoms with Gasteiger partial charge in [-0.15, -0.1) is 0 Å². The van der Waals surface area contributed by atoms with Gasteiger partial charge in [-0.3, -0.25) is 18.6 Å². The van der Waals surface area contributed by atoms with Crippen LogP contribution in [0.4, 0.5) is 0 Å². The molecule has 0 radical (unpaired) electrons. The minimum atomic E-state index is -5.03. The Balaban J connectivity index is 3.08. The summed E-state index contributed by atoms with van der Waals surface area (Å²) in [5, 5.41) is 5.07. The van der Waals surface area contributed by atoms with Gasteiger partial charge in [0.15, 0.2) is 6.10 Å². The van der Waals surface area contributed by atoms with E-state index in [4.69, 9.17) is 13.6 Å². The Labute approximate surface area is 186 Å². The van der Waals surface area contributed by atoms with Gasteiger partial charge in [0.2, 0.25) is 11.8 Å². The number of amides is 2. The predicted molar refractivity (Wildman–Crippen MR) is 116 cm³/mol. The third-order valence-corrected chi connectivity index (χ3v) is 8.38. The van der Waals surface area contributed by atoms with Crippen molar-refractivity contribution >= 4 is 37.8 Å². The molecular formula is C16H34N3O9P2S+. The van der Waals surface area contributed by atoms with E-state index in [1.165, 1.54) is 13.8 Å². The first-order valence-electron chi connectivity index (χ1n) is 9.65. The topological polar surface area (TPSA) is 160 Å². The monoisotopic (exact) mass is 506 g/mol. The lowest BCUT2D eigenvalue weighted by Gasteiger charge is -2.34. The van der Waals surface area contributed by atoms with E-state index in [0.29, 0.717) is 11.0 Å². The van der Waals surface area contributed by atoms with E-state index in [2.05, 4.69) is 10.6 Å². The molecule has 1 aliphatic rings. The summed E-state index contributed by atoms with van der Waals surface area (Å²) in [6.07, 6.45) is -1.66. The Morgan fingerprint density at radius 1 is 1.26 bits per heavy atom. The molecule has 31 heavy (non-hydrogen) atoms. The third kappa shape index (κ3) is 11.8. The highest BCUT2D eigenvalue weighted by molar-refractivity contribution is 8.55. The fourth-order valence-electron chi connectivity index (χ4n) is 2.37. The van der Waals surface area contributed by atoms with Crippen molar-refractivity contribution in [2.24, 2.45) is 5.41 Å². The smallest absolute Gasteiger partial charge is 0.355 e. The Kier molecular flexibility index (Phi) is 10.7. The van der Waals surface area contributed by atoms with Crippen LogP contribution in [0.3, 0.4) is 0 Å². The molecule has 0 spiro atoms. The zero-order valence-corrected chi connectivity index (χ0v) is 21.1. The largest absolute Gasteiger partial charge is 0.470 e. The number of nitrogens with zero attached hydrogens (tertiary/aromatic N) is 1. The fraction of sp³-hybridized carbons (Fsp3) is 0.875. The average Bonchev–Trinajstić information content (AvgIpc) is 2.59. The molecule has 0 aromatic rings. The lowest BCUT2D eigenvalue weighted by atomic mass is 9.87. The van der Waals surface area contributed by atoms with Gasteiger partial charge in [0.25, 0.3) is 0 Å². The molecule has 0 aliphatic carbocycles. The van der Waals surface area contributed by atoms with Crippen molar-refractivity contribution in [2.75, 3.05) is 59.7 Å². The maximum Gasteiger partial charge on any atom is 0.470 e. The molecule has 2 amide bonds. The molecule has 2 atom stereocenters. The zero-order chi connectivity index (χ0) is 23.9. The van der Waals surface area contributed by atoms with E-state index in [9.17, 15) is 28.5 Å². The molecule has 0 aromatic carbocycles. The molecule has 0 bridgehead atoms. The van der Waals surface area contributed by atoms with E-state index in [1.54, 1.807) is 0 Å². The molecule has 1 saturated heterocycles. The number of hydrogen-bond donors (Lipinski definition) is 4. The summed E-state index contributed by atoms with van der Waals surface area (Å²) < 4.78 is 41.1. The van der Waals surface area contributed by atoms with Gasteiger partial charge in [-0.05, 0) is 11.4 Å². The van der Waals surface area contributed by atoms with Crippen LogP contribution in [0.15, 0.2) is 0 Å². The number of carbonyl (C=O) groups is 2. The molecule has 1 fully saturated rings. The summed E-state index contributed by atoms with van der Waals surface area (Å²) >= 11 is 0.913. The van der Waals surface area contributed by atoms with Crippen LogP contribution >= 0.6 is 26.0 Å². The van der Waals surface area contributed by atoms with Gasteiger partial charge in [0.1, 0.15) is 13.2 Å². The fourth-order valence-corrected chi connectivity index (χ4v) is 6.24. The summed E-state index contributed by atoms with van der Waals surface area (Å²) in [5.41, 5.74) is -1.28. The molecular weight excluding hydrogens is 472 g/mol. The molecule has 4 N–H and O–H groups in total. The highest BCUT2D eigenvalue weighted by Gasteiger charge is 2.43. The second kappa shape index (κ2) is 11.6. The third-order valence-electron chi connectivity index (χ3n) is 4.12. The van der Waals surface area contributed by atoms with E-state index >= 15 is 0 Å². The number of carbonyl (C=O) groups excluding carboxylic acids is 2. The lowest BCUT2D eigenvalue weighted by molar-refractivity contribution is -0.870. The van der Waals surface area contributed by atoms with Gasteiger partial charge in [0, 0.05) is 30.7 Å². The van der Waals surface area contributed by atoms with Crippen LogP contribution in [0, 0.1) is 5.41 Å². The van der Waals surface area contributed by atoms with Crippen LogP contribution in [0.5, 0.6) is 0 Å². The van der Waals surface area contributed by atoms with Crippen LogP contribution in [-0.2, 0) is 32.3 Å². The van der Waals surface area contributed by atoms with Gasteiger partial charge in [-0.1, -0.05) is 13.8 Å². The van der Waals surface area contributed by atoms with Crippen LogP contribution in [0.25, 0.3) is 0 Å². The van der Waals surface area contributed by atoms with Gasteiger partial charge >= 0.3 is 14.6 Å². The number of hydrogen-bond acceptors (Lipinski definition) is 8. The van der Waals surface area contributed by atoms with E-state index in [-0.39, 0.29) is 44.4 Å². The Morgan fingerprint density at radius 2 is 1.90 bits per heavy atom. The van der Waals surface area contributed by atoms with E-state index in [1.807, 2.05) is 21.1 Å². The molecule has 1 unspecified atom stereocenters. The molecule has 182 valence electrons. The Morgan fingerprint density at radius 3 is 2.48 bits per heavy atom. The number of likely N-dealkylation sites (N-methyl/N-ethyl adjacent to an activating group) is 1. The molecule has 0 saturated carbocycles. The SMILES string of the molecule is CC1(C)COP(=O)(OCC[N+](C)(C)C)SCCNC(=O)CCNC(=O)[C@@H]1OP(=O)(O)O. The quantitative estimate of drug-likeness (QED) is 0.298. The van der Waals surface area contributed by atoms with Crippen LogP contribution in [0.2, 0.25) is 0 Å². The van der Waals surface area contributed by atoms with Gasteiger partial charge < -0.3 is 29.4 Å². The molecule has 1 aliphatic heterocycles. The summed E-state index contributed by atoms with van der Waals surface area (Å²) in [6, 6.07) is 0. The highest BCUT2D eigenvalue weighted by atomic mass is 32.7. The van der Waals surface area contributed by atoms with E-state index in [0.717, 1.165) is 11.4 Å². The summed E-state index contributed by atoms with van der Waals surface area (Å²) in [4.78, 5) is 42.9. The standard InChI is InChI=1S/C16H33N3O9P2S/c1-16(2)12-27-30(25,26-10-9-19(3,4)5)31-11-8-17-13(20)6-7-18-15(21)14(16)28-29(22,23)24/h14H,6-12H2,1-5H3,(H3-,17,18,20,21,22,23,24)/p+1/t14-,30?/m0/s1. The zero-order valence-electron chi connectivity index (χ0n) is 18.5. The number of phosphoric acid groups is 1. The van der Waals surface area contributed by atoms with Gasteiger partial charge in [0.05, 0.1) is 27.7 Å². The maximum atomic E-state index is 13.3. The number of rotatable bonds is 6. The van der Waals surface area contributed by atoms with E-state index < -0.39 is 32.0 Å². The van der Waals surface area contributed by atoms with Crippen molar-refractivity contribution in [2.45, 2.75) is 26.4 Å². The Bertz CT molecular complexity index is 724. The first-order valence-corrected chi connectivity index (χ1v) is 14.3. The van der Waals surface area contributed by atoms with Crippen molar-refractivity contribution in [3.63, 3.8) is 0 Å². The second-order valence-electron chi connectivity index (χ2n) is 8.76. The minimum absolute atomic E-state index is 0.0341. The maximum absolute atomic E-state index is 13.3. The molecule has 0 aromatic heterocycles. The molecule has 1 heterocycles. The van der Waals surface area contributed by atoms with Crippen LogP contribution in [-0.4, -0.2) is 91.9 Å². The number of nitrogens with one attached hydrogen (secondary N) is 2. The predicted octanol–water partition coefficient (Wildman–Crippen LogP) is 0.707. The summed E-state index contributed by atoms with van der Waals surface area (Å²) in [7, 11) is 0.811. The highest BCUT2D eigenvalue weighted by Crippen LogP contribution is 2.61. The molecule has 1 rings (SSSR count). The first-order chi connectivity index (χ1) is 14.0. The van der Waals surface area contributed by atoms with Crippen LogP contribution in [0.1, 0.15) is 20.3 Å². The summed E-state index contributed by atoms with van der Waals surface area (Å²) in [5.74, 6) is -0.899. The lowest BCUT2D eigenvalue weighted by Crippen LogP contribution is -2.48. The first kappa shape index (κ1) is 28.5. The molecule has 15 heteroatoms. The van der Waals surface area contributed by atoms with Crippen molar-refractivity contribution in [1.29, 1.82) is 0 Å². The van der Waals surface area contributed by atoms with Crippen molar-refractivity contribution in [3.05, 3.63) is 0 Å². The minimum Gasteiger partial charge on any atom is -0.355 e. The number of quaternary nitrogens is 1. The summed E-state index contributed by atoms with van der Waals surface area (Å²) in [6.45, 7) is -0.149.